The van der Waals surface area contributed by atoms with Gasteiger partial charge in [-0.25, -0.2) is 0 Å². The van der Waals surface area contributed by atoms with E-state index in [0.29, 0.717) is 17.8 Å². The van der Waals surface area contributed by atoms with Gasteiger partial charge < -0.3 is 4.84 Å². The fraction of sp³-hybridized carbons (Fsp3) is 0.364. The first-order valence-electron chi connectivity index (χ1n) is 5.32. The van der Waals surface area contributed by atoms with E-state index in [4.69, 9.17) is 4.84 Å². The van der Waals surface area contributed by atoms with Crippen molar-refractivity contribution >= 4 is 40.1 Å². The van der Waals surface area contributed by atoms with Crippen LogP contribution in [0.25, 0.3) is 0 Å². The summed E-state index contributed by atoms with van der Waals surface area (Å²) in [4.78, 5) is 39.8. The van der Waals surface area contributed by atoms with Crippen LogP contribution in [0.15, 0.2) is 17.5 Å². The van der Waals surface area contributed by atoms with Gasteiger partial charge in [0.2, 0.25) is 5.12 Å². The van der Waals surface area contributed by atoms with E-state index >= 15 is 0 Å². The van der Waals surface area contributed by atoms with Crippen molar-refractivity contribution in [2.75, 3.05) is 6.54 Å². The number of carbonyl (C=O) groups excluding carboxylic acids is 3. The Balaban J connectivity index is 1.94. The van der Waals surface area contributed by atoms with Crippen molar-refractivity contribution in [1.82, 2.24) is 5.06 Å². The fourth-order valence-corrected chi connectivity index (χ4v) is 3.30. The number of thioether (sulfide) groups is 1. The van der Waals surface area contributed by atoms with Crippen LogP contribution in [0.2, 0.25) is 0 Å². The molecule has 0 saturated carbocycles. The maximum absolute atomic E-state index is 11.8. The maximum atomic E-state index is 11.8. The average Bonchev–Trinajstić information content (AvgIpc) is 2.93. The van der Waals surface area contributed by atoms with Crippen molar-refractivity contribution in [2.45, 2.75) is 18.6 Å². The van der Waals surface area contributed by atoms with E-state index < -0.39 is 11.2 Å². The molecule has 0 radical (unpaired) electrons. The van der Waals surface area contributed by atoms with E-state index in [1.54, 1.807) is 12.1 Å². The molecule has 0 aliphatic carbocycles. The summed E-state index contributed by atoms with van der Waals surface area (Å²) in [5, 5.41) is 2.27. The zero-order valence-corrected chi connectivity index (χ0v) is 11.3. The van der Waals surface area contributed by atoms with E-state index in [9.17, 15) is 14.4 Å². The van der Waals surface area contributed by atoms with Crippen LogP contribution < -0.4 is 0 Å². The summed E-state index contributed by atoms with van der Waals surface area (Å²) in [7, 11) is 0. The Morgan fingerprint density at radius 2 is 2.33 bits per heavy atom. The van der Waals surface area contributed by atoms with Gasteiger partial charge in [-0.05, 0) is 17.9 Å². The van der Waals surface area contributed by atoms with Gasteiger partial charge in [0, 0.05) is 6.92 Å². The summed E-state index contributed by atoms with van der Waals surface area (Å²) in [6.07, 6.45) is 0.508. The second kappa shape index (κ2) is 5.53. The molecule has 1 unspecified atom stereocenters. The van der Waals surface area contributed by atoms with E-state index in [-0.39, 0.29) is 11.0 Å². The van der Waals surface area contributed by atoms with Gasteiger partial charge in [-0.15, -0.1) is 11.3 Å². The third kappa shape index (κ3) is 2.91. The normalized spacial score (nSPS) is 19.1. The minimum absolute atomic E-state index is 0.118. The summed E-state index contributed by atoms with van der Waals surface area (Å²) >= 11 is 2.34. The number of hydrogen-bond acceptors (Lipinski definition) is 6. The maximum Gasteiger partial charge on any atom is 0.329 e. The van der Waals surface area contributed by atoms with Crippen LogP contribution in [0.1, 0.15) is 23.0 Å². The van der Waals surface area contributed by atoms with Crippen molar-refractivity contribution in [2.24, 2.45) is 0 Å². The van der Waals surface area contributed by atoms with Crippen molar-refractivity contribution < 1.29 is 19.2 Å². The second-order valence-electron chi connectivity index (χ2n) is 3.68. The van der Waals surface area contributed by atoms with Crippen LogP contribution in [0, 0.1) is 0 Å². The Morgan fingerprint density at radius 3 is 2.94 bits per heavy atom. The number of amides is 1. The van der Waals surface area contributed by atoms with E-state index in [0.717, 1.165) is 16.8 Å². The summed E-state index contributed by atoms with van der Waals surface area (Å²) in [5.41, 5.74) is 0. The van der Waals surface area contributed by atoms with Crippen LogP contribution in [-0.4, -0.2) is 33.8 Å². The van der Waals surface area contributed by atoms with Crippen molar-refractivity contribution in [3.8, 4) is 0 Å². The number of nitrogens with zero attached hydrogens (tertiary/aromatic N) is 1. The van der Waals surface area contributed by atoms with Crippen LogP contribution in [0.3, 0.4) is 0 Å². The molecule has 2 rings (SSSR count). The van der Waals surface area contributed by atoms with Gasteiger partial charge in [-0.2, -0.15) is 5.06 Å². The summed E-state index contributed by atoms with van der Waals surface area (Å²) in [6, 6.07) is 3.52. The number of hydrogen-bond donors (Lipinski definition) is 0. The molecule has 7 heteroatoms. The van der Waals surface area contributed by atoms with Crippen molar-refractivity contribution in [3.05, 3.63) is 22.4 Å². The molecule has 1 saturated heterocycles. The Labute approximate surface area is 112 Å². The summed E-state index contributed by atoms with van der Waals surface area (Å²) < 4.78 is 0. The molecule has 0 bridgehead atoms. The van der Waals surface area contributed by atoms with Crippen molar-refractivity contribution in [1.29, 1.82) is 0 Å². The van der Waals surface area contributed by atoms with Gasteiger partial charge in [0.15, 0.2) is 0 Å². The lowest BCUT2D eigenvalue weighted by Gasteiger charge is -2.13. The molecular formula is C11H11NO4S2. The highest BCUT2D eigenvalue weighted by atomic mass is 32.2. The molecule has 96 valence electrons. The second-order valence-corrected chi connectivity index (χ2v) is 5.81. The molecule has 1 aliphatic rings. The average molecular weight is 285 g/mol. The summed E-state index contributed by atoms with van der Waals surface area (Å²) in [6.45, 7) is 1.58. The highest BCUT2D eigenvalue weighted by Crippen LogP contribution is 2.28. The van der Waals surface area contributed by atoms with Gasteiger partial charge in [0.05, 0.1) is 16.7 Å². The van der Waals surface area contributed by atoms with Crippen LogP contribution in [-0.2, 0) is 14.4 Å². The first kappa shape index (κ1) is 13.1. The van der Waals surface area contributed by atoms with E-state index in [1.807, 2.05) is 5.38 Å². The molecule has 2 heterocycles. The summed E-state index contributed by atoms with van der Waals surface area (Å²) in [5.74, 6) is -0.848. The van der Waals surface area contributed by atoms with Gasteiger partial charge in [0.25, 0.3) is 5.91 Å². The van der Waals surface area contributed by atoms with Gasteiger partial charge in [0.1, 0.15) is 0 Å². The third-order valence-electron chi connectivity index (χ3n) is 2.33. The zero-order chi connectivity index (χ0) is 13.1. The molecule has 0 aromatic carbocycles. The Morgan fingerprint density at radius 1 is 1.56 bits per heavy atom. The molecular weight excluding hydrogens is 274 g/mol. The standard InChI is InChI=1S/C11H11NO4S2/c1-7(13)16-12-5-4-8(10(12)14)18-11(15)9-3-2-6-17-9/h2-3,6,8H,4-5H2,1H3. The topological polar surface area (TPSA) is 63.7 Å². The Hall–Kier alpha value is -1.34. The quantitative estimate of drug-likeness (QED) is 0.846. The lowest BCUT2D eigenvalue weighted by atomic mass is 10.4. The first-order valence-corrected chi connectivity index (χ1v) is 7.08. The lowest BCUT2D eigenvalue weighted by Crippen LogP contribution is -2.30. The third-order valence-corrected chi connectivity index (χ3v) is 4.48. The molecule has 1 aromatic heterocycles. The molecule has 0 spiro atoms. The monoisotopic (exact) mass is 285 g/mol. The van der Waals surface area contributed by atoms with Crippen LogP contribution >= 0.6 is 23.1 Å². The van der Waals surface area contributed by atoms with Gasteiger partial charge >= 0.3 is 5.97 Å². The predicted molar refractivity (Wildman–Crippen MR) is 68.1 cm³/mol. The molecule has 18 heavy (non-hydrogen) atoms. The van der Waals surface area contributed by atoms with Crippen LogP contribution in [0.4, 0.5) is 0 Å². The number of thiophene rings is 1. The fourth-order valence-electron chi connectivity index (χ4n) is 1.57. The smallest absolute Gasteiger partial charge is 0.329 e. The van der Waals surface area contributed by atoms with Crippen LogP contribution in [0.5, 0.6) is 0 Å². The van der Waals surface area contributed by atoms with Gasteiger partial charge in [-0.3, -0.25) is 14.4 Å². The number of hydroxylamine groups is 2. The molecule has 5 nitrogen and oxygen atoms in total. The molecule has 1 aromatic rings. The molecule has 1 atom stereocenters. The largest absolute Gasteiger partial charge is 0.338 e. The Kier molecular flexibility index (Phi) is 4.03. The number of carbonyl (C=O) groups is 3. The minimum atomic E-state index is -0.529. The molecule has 0 N–H and O–H groups in total. The van der Waals surface area contributed by atoms with Crippen molar-refractivity contribution in [3.63, 3.8) is 0 Å². The number of rotatable bonds is 3. The molecule has 1 aliphatic heterocycles. The van der Waals surface area contributed by atoms with E-state index in [2.05, 4.69) is 0 Å². The Bertz CT molecular complexity index is 471. The highest BCUT2D eigenvalue weighted by molar-refractivity contribution is 8.15. The predicted octanol–water partition coefficient (Wildman–Crippen LogP) is 1.70. The molecule has 1 fully saturated rings. The highest BCUT2D eigenvalue weighted by Gasteiger charge is 2.36. The van der Waals surface area contributed by atoms with E-state index in [1.165, 1.54) is 18.3 Å². The van der Waals surface area contributed by atoms with Gasteiger partial charge in [-0.1, -0.05) is 17.8 Å². The lowest BCUT2D eigenvalue weighted by molar-refractivity contribution is -0.190. The zero-order valence-electron chi connectivity index (χ0n) is 9.62. The molecule has 1 amide bonds. The SMILES string of the molecule is CC(=O)ON1CCC(SC(=O)c2cccs2)C1=O. The first-order chi connectivity index (χ1) is 8.58. The minimum Gasteiger partial charge on any atom is -0.338 e.